The lowest BCUT2D eigenvalue weighted by molar-refractivity contribution is -0.138. The summed E-state index contributed by atoms with van der Waals surface area (Å²) in [5.41, 5.74) is 0.270. The van der Waals surface area contributed by atoms with E-state index in [0.717, 1.165) is 0 Å². The minimum atomic E-state index is -1.05. The molecule has 0 radical (unpaired) electrons. The van der Waals surface area contributed by atoms with Crippen molar-refractivity contribution in [3.63, 3.8) is 0 Å². The molecule has 1 amide bonds. The lowest BCUT2D eigenvalue weighted by atomic mass is 9.81. The molecular weight excluding hydrogens is 273 g/mol. The van der Waals surface area contributed by atoms with Gasteiger partial charge >= 0.3 is 5.97 Å². The Morgan fingerprint density at radius 2 is 1.76 bits per heavy atom. The van der Waals surface area contributed by atoms with Gasteiger partial charge in [-0.05, 0) is 23.1 Å². The van der Waals surface area contributed by atoms with Crippen molar-refractivity contribution in [2.24, 2.45) is 11.3 Å². The van der Waals surface area contributed by atoms with Gasteiger partial charge in [-0.1, -0.05) is 39.8 Å². The van der Waals surface area contributed by atoms with Gasteiger partial charge in [-0.15, -0.1) is 0 Å². The zero-order valence-electron chi connectivity index (χ0n) is 12.8. The first-order valence-corrected chi connectivity index (χ1v) is 6.89. The Kier molecular flexibility index (Phi) is 5.47. The molecule has 0 aliphatic heterocycles. The number of carbonyl (C=O) groups excluding carboxylic acids is 1. The quantitative estimate of drug-likeness (QED) is 0.877. The molecule has 21 heavy (non-hydrogen) atoms. The van der Waals surface area contributed by atoms with Crippen molar-refractivity contribution in [1.82, 2.24) is 5.32 Å². The highest BCUT2D eigenvalue weighted by Crippen LogP contribution is 2.25. The van der Waals surface area contributed by atoms with Crippen molar-refractivity contribution >= 4 is 11.9 Å². The highest BCUT2D eigenvalue weighted by Gasteiger charge is 2.28. The number of carboxylic acids is 1. The third kappa shape index (κ3) is 4.85. The van der Waals surface area contributed by atoms with Crippen LogP contribution in [-0.2, 0) is 9.59 Å². The molecule has 116 valence electrons. The molecule has 2 atom stereocenters. The highest BCUT2D eigenvalue weighted by atomic mass is 19.1. The Morgan fingerprint density at radius 3 is 2.19 bits per heavy atom. The summed E-state index contributed by atoms with van der Waals surface area (Å²) in [5.74, 6) is -2.78. The molecule has 0 spiro atoms. The number of nitrogens with one attached hydrogen (secondary N) is 1. The van der Waals surface area contributed by atoms with E-state index in [1.807, 2.05) is 27.7 Å². The van der Waals surface area contributed by atoms with Gasteiger partial charge in [0.2, 0.25) is 5.91 Å². The Balaban J connectivity index is 2.75. The van der Waals surface area contributed by atoms with E-state index >= 15 is 0 Å². The second kappa shape index (κ2) is 6.70. The summed E-state index contributed by atoms with van der Waals surface area (Å²) in [7, 11) is 0. The number of carboxylic acid groups (broad SMARTS) is 1. The molecule has 2 unspecified atom stereocenters. The van der Waals surface area contributed by atoms with Crippen LogP contribution in [0.3, 0.4) is 0 Å². The molecule has 4 nitrogen and oxygen atoms in total. The Bertz CT molecular complexity index is 505. The van der Waals surface area contributed by atoms with Gasteiger partial charge in [0, 0.05) is 12.5 Å². The van der Waals surface area contributed by atoms with E-state index in [-0.39, 0.29) is 23.8 Å². The molecule has 0 aromatic heterocycles. The summed E-state index contributed by atoms with van der Waals surface area (Å²) in [6, 6.07) is 5.27. The number of hydrogen-bond donors (Lipinski definition) is 2. The fraction of sp³-hybridized carbons (Fsp3) is 0.500. The monoisotopic (exact) mass is 295 g/mol. The van der Waals surface area contributed by atoms with Crippen molar-refractivity contribution in [3.05, 3.63) is 35.6 Å². The van der Waals surface area contributed by atoms with Crippen molar-refractivity contribution in [2.75, 3.05) is 6.54 Å². The Hall–Kier alpha value is -1.91. The van der Waals surface area contributed by atoms with Crippen molar-refractivity contribution in [1.29, 1.82) is 0 Å². The van der Waals surface area contributed by atoms with Crippen molar-refractivity contribution in [2.45, 2.75) is 33.6 Å². The van der Waals surface area contributed by atoms with Crippen LogP contribution >= 0.6 is 0 Å². The standard InChI is InChI=1S/C16H22FNO3/c1-10(16(2,3)4)14(19)18-9-13(15(20)21)11-5-7-12(17)8-6-11/h5-8,10,13H,9H2,1-4H3,(H,18,19)(H,20,21). The maximum absolute atomic E-state index is 12.9. The van der Waals surface area contributed by atoms with Gasteiger partial charge in [0.15, 0.2) is 0 Å². The van der Waals surface area contributed by atoms with Crippen LogP contribution in [0.5, 0.6) is 0 Å². The van der Waals surface area contributed by atoms with Crippen molar-refractivity contribution in [3.8, 4) is 0 Å². The van der Waals surface area contributed by atoms with Crippen LogP contribution in [0.1, 0.15) is 39.2 Å². The molecule has 0 aliphatic rings. The first kappa shape index (κ1) is 17.1. The minimum absolute atomic E-state index is 0.0137. The molecule has 0 saturated carbocycles. The first-order chi connectivity index (χ1) is 9.62. The Labute approximate surface area is 124 Å². The number of carbonyl (C=O) groups is 2. The maximum atomic E-state index is 12.9. The lowest BCUT2D eigenvalue weighted by Gasteiger charge is -2.26. The average molecular weight is 295 g/mol. The van der Waals surface area contributed by atoms with Gasteiger partial charge in [0.1, 0.15) is 5.82 Å². The van der Waals surface area contributed by atoms with Crippen LogP contribution in [0.15, 0.2) is 24.3 Å². The van der Waals surface area contributed by atoms with E-state index < -0.39 is 17.7 Å². The van der Waals surface area contributed by atoms with E-state index in [9.17, 15) is 19.1 Å². The first-order valence-electron chi connectivity index (χ1n) is 6.89. The summed E-state index contributed by atoms with van der Waals surface area (Å²) in [4.78, 5) is 23.4. The average Bonchev–Trinajstić information content (AvgIpc) is 2.38. The minimum Gasteiger partial charge on any atom is -0.481 e. The van der Waals surface area contributed by atoms with E-state index in [1.54, 1.807) is 0 Å². The van der Waals surface area contributed by atoms with E-state index in [1.165, 1.54) is 24.3 Å². The van der Waals surface area contributed by atoms with Crippen LogP contribution in [0.4, 0.5) is 4.39 Å². The summed E-state index contributed by atoms with van der Waals surface area (Å²) in [5, 5.41) is 11.9. The highest BCUT2D eigenvalue weighted by molar-refractivity contribution is 5.81. The molecule has 2 N–H and O–H groups in total. The van der Waals surface area contributed by atoms with E-state index in [4.69, 9.17) is 0 Å². The second-order valence-corrected chi connectivity index (χ2v) is 6.28. The number of aliphatic carboxylic acids is 1. The molecule has 1 aromatic rings. The molecule has 0 aliphatic carbocycles. The van der Waals surface area contributed by atoms with Crippen LogP contribution < -0.4 is 5.32 Å². The summed E-state index contributed by atoms with van der Waals surface area (Å²) in [6.07, 6.45) is 0. The molecule has 0 fully saturated rings. The van der Waals surface area contributed by atoms with Gasteiger partial charge in [-0.3, -0.25) is 9.59 Å². The molecule has 0 saturated heterocycles. The summed E-state index contributed by atoms with van der Waals surface area (Å²) >= 11 is 0. The van der Waals surface area contributed by atoms with Crippen LogP contribution in [0.2, 0.25) is 0 Å². The third-order valence-corrected chi connectivity index (χ3v) is 3.74. The lowest BCUT2D eigenvalue weighted by Crippen LogP contribution is -2.39. The third-order valence-electron chi connectivity index (χ3n) is 3.74. The SMILES string of the molecule is CC(C(=O)NCC(C(=O)O)c1ccc(F)cc1)C(C)(C)C. The number of benzene rings is 1. The number of rotatable bonds is 5. The molecule has 1 rings (SSSR count). The van der Waals surface area contributed by atoms with Gasteiger partial charge < -0.3 is 10.4 Å². The van der Waals surface area contributed by atoms with Gasteiger partial charge in [-0.25, -0.2) is 4.39 Å². The van der Waals surface area contributed by atoms with Crippen LogP contribution in [0.25, 0.3) is 0 Å². The van der Waals surface area contributed by atoms with Gasteiger partial charge in [0.05, 0.1) is 5.92 Å². The maximum Gasteiger partial charge on any atom is 0.312 e. The van der Waals surface area contributed by atoms with Gasteiger partial charge in [0.25, 0.3) is 0 Å². The zero-order chi connectivity index (χ0) is 16.2. The predicted molar refractivity (Wildman–Crippen MR) is 78.4 cm³/mol. The van der Waals surface area contributed by atoms with Crippen LogP contribution in [0, 0.1) is 17.2 Å². The van der Waals surface area contributed by atoms with E-state index in [2.05, 4.69) is 5.32 Å². The van der Waals surface area contributed by atoms with E-state index in [0.29, 0.717) is 5.56 Å². The number of hydrogen-bond acceptors (Lipinski definition) is 2. The largest absolute Gasteiger partial charge is 0.481 e. The topological polar surface area (TPSA) is 66.4 Å². The van der Waals surface area contributed by atoms with Gasteiger partial charge in [-0.2, -0.15) is 0 Å². The molecular formula is C16H22FNO3. The normalized spacial score (nSPS) is 14.3. The van der Waals surface area contributed by atoms with Crippen molar-refractivity contribution < 1.29 is 19.1 Å². The fourth-order valence-corrected chi connectivity index (χ4v) is 1.79. The molecule has 5 heteroatoms. The Morgan fingerprint density at radius 1 is 1.24 bits per heavy atom. The van der Waals surface area contributed by atoms with Crippen LogP contribution in [-0.4, -0.2) is 23.5 Å². The number of amides is 1. The molecule has 1 aromatic carbocycles. The second-order valence-electron chi connectivity index (χ2n) is 6.28. The smallest absolute Gasteiger partial charge is 0.312 e. The number of halogens is 1. The summed E-state index contributed by atoms with van der Waals surface area (Å²) < 4.78 is 12.9. The summed E-state index contributed by atoms with van der Waals surface area (Å²) in [6.45, 7) is 7.65. The molecule has 0 bridgehead atoms. The molecule has 0 heterocycles. The fourth-order valence-electron chi connectivity index (χ4n) is 1.79. The predicted octanol–water partition coefficient (Wildman–Crippen LogP) is 2.79. The zero-order valence-corrected chi connectivity index (χ0v) is 12.8.